The molecule has 2 aliphatic heterocycles. The molecular weight excluding hydrogens is 340 g/mol. The first-order chi connectivity index (χ1) is 13.1. The molecule has 1 amide bonds. The largest absolute Gasteiger partial charge is 0.493 e. The maximum absolute atomic E-state index is 12.3. The molecule has 2 aliphatic rings. The first kappa shape index (κ1) is 20.0. The number of methoxy groups -OCH3 is 2. The Morgan fingerprint density at radius 3 is 2.74 bits per heavy atom. The van der Waals surface area contributed by atoms with Crippen LogP contribution in [0.4, 0.5) is 0 Å². The third-order valence-corrected chi connectivity index (χ3v) is 6.15. The molecule has 1 spiro atoms. The number of benzene rings is 1. The average molecular weight is 375 g/mol. The second-order valence-corrected chi connectivity index (χ2v) is 8.14. The third kappa shape index (κ3) is 4.57. The zero-order valence-corrected chi connectivity index (χ0v) is 17.1. The number of para-hydroxylation sites is 1. The van der Waals surface area contributed by atoms with E-state index >= 15 is 0 Å². The van der Waals surface area contributed by atoms with Gasteiger partial charge in [0.15, 0.2) is 11.5 Å². The van der Waals surface area contributed by atoms with Gasteiger partial charge in [-0.3, -0.25) is 9.69 Å². The standard InChI is InChI=1S/C22H34N2O3/c1-4-5-14-24-17-22(12-10-20(24)25)11-7-13-23(16-22)15-18-8-6-9-19(26-2)21(18)27-3/h6,8-9H,4-5,7,10-17H2,1-3H3/t22-/m0/s1. The minimum Gasteiger partial charge on any atom is -0.493 e. The molecule has 1 aromatic rings. The van der Waals surface area contributed by atoms with Gasteiger partial charge in [-0.15, -0.1) is 0 Å². The van der Waals surface area contributed by atoms with Crippen LogP contribution >= 0.6 is 0 Å². The van der Waals surface area contributed by atoms with Crippen LogP contribution in [0.25, 0.3) is 0 Å². The van der Waals surface area contributed by atoms with E-state index in [0.29, 0.717) is 12.3 Å². The molecule has 150 valence electrons. The SMILES string of the molecule is CCCCN1C[C@@]2(CCCN(Cc3cccc(OC)c3OC)C2)CCC1=O. The van der Waals surface area contributed by atoms with Crippen molar-refractivity contribution in [3.8, 4) is 11.5 Å². The van der Waals surface area contributed by atoms with Gasteiger partial charge in [-0.1, -0.05) is 25.5 Å². The van der Waals surface area contributed by atoms with Crippen LogP contribution in [-0.2, 0) is 11.3 Å². The van der Waals surface area contributed by atoms with Crippen molar-refractivity contribution < 1.29 is 14.3 Å². The van der Waals surface area contributed by atoms with E-state index in [2.05, 4.69) is 22.8 Å². The molecule has 1 aromatic carbocycles. The molecule has 5 heteroatoms. The zero-order chi connectivity index (χ0) is 19.3. The van der Waals surface area contributed by atoms with Gasteiger partial charge in [-0.05, 0) is 38.3 Å². The van der Waals surface area contributed by atoms with Crippen LogP contribution in [0, 0.1) is 5.41 Å². The molecule has 2 heterocycles. The number of hydrogen-bond acceptors (Lipinski definition) is 4. The van der Waals surface area contributed by atoms with Gasteiger partial charge in [-0.25, -0.2) is 0 Å². The summed E-state index contributed by atoms with van der Waals surface area (Å²) in [4.78, 5) is 17.0. The lowest BCUT2D eigenvalue weighted by atomic mass is 9.73. The highest BCUT2D eigenvalue weighted by atomic mass is 16.5. The Morgan fingerprint density at radius 2 is 2.00 bits per heavy atom. The summed E-state index contributed by atoms with van der Waals surface area (Å²) >= 11 is 0. The smallest absolute Gasteiger partial charge is 0.222 e. The molecule has 27 heavy (non-hydrogen) atoms. The molecule has 0 saturated carbocycles. The van der Waals surface area contributed by atoms with Gasteiger partial charge >= 0.3 is 0 Å². The van der Waals surface area contributed by atoms with Gasteiger partial charge < -0.3 is 14.4 Å². The molecule has 5 nitrogen and oxygen atoms in total. The molecule has 0 aliphatic carbocycles. The van der Waals surface area contributed by atoms with Gasteiger partial charge in [0.05, 0.1) is 14.2 Å². The van der Waals surface area contributed by atoms with Crippen LogP contribution in [0.15, 0.2) is 18.2 Å². The maximum atomic E-state index is 12.3. The van der Waals surface area contributed by atoms with E-state index in [9.17, 15) is 4.79 Å². The Balaban J connectivity index is 1.70. The number of carbonyl (C=O) groups is 1. The van der Waals surface area contributed by atoms with Crippen molar-refractivity contribution in [3.05, 3.63) is 23.8 Å². The van der Waals surface area contributed by atoms with Crippen molar-refractivity contribution in [3.63, 3.8) is 0 Å². The van der Waals surface area contributed by atoms with Crippen molar-refractivity contribution in [1.29, 1.82) is 0 Å². The van der Waals surface area contributed by atoms with Crippen LogP contribution < -0.4 is 9.47 Å². The van der Waals surface area contributed by atoms with Crippen LogP contribution in [0.3, 0.4) is 0 Å². The van der Waals surface area contributed by atoms with Gasteiger partial charge in [0.25, 0.3) is 0 Å². The Morgan fingerprint density at radius 1 is 1.15 bits per heavy atom. The summed E-state index contributed by atoms with van der Waals surface area (Å²) in [6.45, 7) is 7.06. The van der Waals surface area contributed by atoms with Crippen molar-refractivity contribution in [2.24, 2.45) is 5.41 Å². The van der Waals surface area contributed by atoms with Crippen LogP contribution in [-0.4, -0.2) is 56.1 Å². The van der Waals surface area contributed by atoms with E-state index in [1.165, 1.54) is 18.4 Å². The number of likely N-dealkylation sites (tertiary alicyclic amines) is 2. The summed E-state index contributed by atoms with van der Waals surface area (Å²) in [6.07, 6.45) is 6.40. The molecule has 0 radical (unpaired) electrons. The molecule has 2 fully saturated rings. The Kier molecular flexibility index (Phi) is 6.64. The maximum Gasteiger partial charge on any atom is 0.222 e. The fourth-order valence-corrected chi connectivity index (χ4v) is 4.75. The molecule has 0 unspecified atom stereocenters. The lowest BCUT2D eigenvalue weighted by Gasteiger charge is -2.48. The second-order valence-electron chi connectivity index (χ2n) is 8.14. The third-order valence-electron chi connectivity index (χ3n) is 6.15. The normalized spacial score (nSPS) is 23.7. The summed E-state index contributed by atoms with van der Waals surface area (Å²) in [6, 6.07) is 6.10. The van der Waals surface area contributed by atoms with E-state index in [-0.39, 0.29) is 5.41 Å². The van der Waals surface area contributed by atoms with Gasteiger partial charge in [0, 0.05) is 43.6 Å². The molecule has 0 N–H and O–H groups in total. The van der Waals surface area contributed by atoms with Crippen molar-refractivity contribution in [2.45, 2.75) is 52.0 Å². The Hall–Kier alpha value is -1.75. The number of amides is 1. The lowest BCUT2D eigenvalue weighted by Crippen LogP contribution is -2.53. The van der Waals surface area contributed by atoms with Gasteiger partial charge in [0.1, 0.15) is 0 Å². The van der Waals surface area contributed by atoms with Gasteiger partial charge in [-0.2, -0.15) is 0 Å². The van der Waals surface area contributed by atoms with Crippen LogP contribution in [0.5, 0.6) is 11.5 Å². The number of rotatable bonds is 7. The van der Waals surface area contributed by atoms with E-state index in [4.69, 9.17) is 9.47 Å². The molecule has 1 atom stereocenters. The van der Waals surface area contributed by atoms with Crippen LogP contribution in [0.1, 0.15) is 51.0 Å². The summed E-state index contributed by atoms with van der Waals surface area (Å²) < 4.78 is 11.1. The minimum atomic E-state index is 0.256. The lowest BCUT2D eigenvalue weighted by molar-refractivity contribution is -0.139. The minimum absolute atomic E-state index is 0.256. The van der Waals surface area contributed by atoms with Crippen LogP contribution in [0.2, 0.25) is 0 Å². The Bertz CT molecular complexity index is 648. The number of piperidine rings is 2. The second kappa shape index (κ2) is 8.96. The molecular formula is C22H34N2O3. The number of nitrogens with zero attached hydrogens (tertiary/aromatic N) is 2. The monoisotopic (exact) mass is 374 g/mol. The fraction of sp³-hybridized carbons (Fsp3) is 0.682. The predicted molar refractivity (Wildman–Crippen MR) is 107 cm³/mol. The van der Waals surface area contributed by atoms with E-state index in [1.54, 1.807) is 14.2 Å². The van der Waals surface area contributed by atoms with E-state index in [1.807, 2.05) is 12.1 Å². The fourth-order valence-electron chi connectivity index (χ4n) is 4.75. The highest BCUT2D eigenvalue weighted by molar-refractivity contribution is 5.77. The van der Waals surface area contributed by atoms with Crippen molar-refractivity contribution in [2.75, 3.05) is 40.4 Å². The predicted octanol–water partition coefficient (Wildman–Crippen LogP) is 3.71. The highest BCUT2D eigenvalue weighted by Gasteiger charge is 2.41. The summed E-state index contributed by atoms with van der Waals surface area (Å²) in [5, 5.41) is 0. The summed E-state index contributed by atoms with van der Waals surface area (Å²) in [5.41, 5.74) is 1.43. The number of ether oxygens (including phenoxy) is 2. The summed E-state index contributed by atoms with van der Waals surface area (Å²) in [5.74, 6) is 1.97. The molecule has 3 rings (SSSR count). The van der Waals surface area contributed by atoms with Gasteiger partial charge in [0.2, 0.25) is 5.91 Å². The first-order valence-corrected chi connectivity index (χ1v) is 10.3. The number of carbonyl (C=O) groups excluding carboxylic acids is 1. The number of unbranched alkanes of at least 4 members (excludes halogenated alkanes) is 1. The zero-order valence-electron chi connectivity index (χ0n) is 17.1. The quantitative estimate of drug-likeness (QED) is 0.730. The van der Waals surface area contributed by atoms with E-state index < -0.39 is 0 Å². The van der Waals surface area contributed by atoms with Crippen molar-refractivity contribution in [1.82, 2.24) is 9.80 Å². The van der Waals surface area contributed by atoms with Crippen molar-refractivity contribution >= 4 is 5.91 Å². The molecule has 0 aromatic heterocycles. The average Bonchev–Trinajstić information content (AvgIpc) is 2.69. The van der Waals surface area contributed by atoms with E-state index in [0.717, 1.165) is 63.5 Å². The highest BCUT2D eigenvalue weighted by Crippen LogP contribution is 2.40. The Labute approximate surface area is 163 Å². The molecule has 2 saturated heterocycles. The summed E-state index contributed by atoms with van der Waals surface area (Å²) in [7, 11) is 3.39. The molecule has 0 bridgehead atoms. The topological polar surface area (TPSA) is 42.0 Å². The first-order valence-electron chi connectivity index (χ1n) is 10.3. The number of hydrogen-bond donors (Lipinski definition) is 0.